The van der Waals surface area contributed by atoms with Gasteiger partial charge in [0.25, 0.3) is 0 Å². The minimum Gasteiger partial charge on any atom is -0.537 e. The van der Waals surface area contributed by atoms with E-state index < -0.39 is 0 Å². The number of aromatic amines is 1. The smallest absolute Gasteiger partial charge is 0.537 e. The van der Waals surface area contributed by atoms with Crippen molar-refractivity contribution < 1.29 is 9.68 Å². The Morgan fingerprint density at radius 1 is 0.773 bits per heavy atom. The van der Waals surface area contributed by atoms with Crippen LogP contribution in [0.4, 0.5) is 0 Å². The summed E-state index contributed by atoms with van der Waals surface area (Å²) in [4.78, 5) is 3.40. The highest BCUT2D eigenvalue weighted by Crippen LogP contribution is 2.32. The molecule has 0 saturated heterocycles. The number of H-pyrrole nitrogens is 1. The third-order valence-electron chi connectivity index (χ3n) is 3.87. The summed E-state index contributed by atoms with van der Waals surface area (Å²) in [6.45, 7) is 0. The van der Waals surface area contributed by atoms with Crippen LogP contribution in [0.1, 0.15) is 0 Å². The summed E-state index contributed by atoms with van der Waals surface area (Å²) in [5, 5.41) is 11.0. The van der Waals surface area contributed by atoms with Gasteiger partial charge in [-0.1, -0.05) is 36.4 Å². The Balaban J connectivity index is 1.93. The Hall–Kier alpha value is -2.72. The molecule has 0 atom stereocenters. The molecule has 4 aromatic rings. The lowest BCUT2D eigenvalue weighted by atomic mass is 10.0. The highest BCUT2D eigenvalue weighted by Gasteiger charge is 2.07. The van der Waals surface area contributed by atoms with Gasteiger partial charge in [0.1, 0.15) is 5.75 Å². The third kappa shape index (κ3) is 2.14. The van der Waals surface area contributed by atoms with Gasteiger partial charge in [0.2, 0.25) is 0 Å². The molecule has 1 aromatic heterocycles. The molecule has 3 aromatic carbocycles. The zero-order chi connectivity index (χ0) is 14.9. The van der Waals surface area contributed by atoms with Crippen LogP contribution in [0.15, 0.2) is 66.7 Å². The Bertz CT molecular complexity index is 947. The van der Waals surface area contributed by atoms with Crippen LogP contribution < -0.4 is 4.65 Å². The van der Waals surface area contributed by atoms with Gasteiger partial charge in [0.05, 0.1) is 0 Å². The first kappa shape index (κ1) is 13.0. The van der Waals surface area contributed by atoms with Gasteiger partial charge < -0.3 is 14.7 Å². The van der Waals surface area contributed by atoms with E-state index >= 15 is 0 Å². The molecule has 0 unspecified atom stereocenters. The van der Waals surface area contributed by atoms with Crippen molar-refractivity contribution >= 4 is 29.5 Å². The standard InChI is InChI=1S/C18H13BNO2/c21-19-22-14-7-9-18-16(11-14)15-10-13(6-8-17(15)20-18)12-4-2-1-3-5-12/h1-11,20-21H. The van der Waals surface area contributed by atoms with E-state index in [2.05, 4.69) is 35.3 Å². The number of aromatic nitrogens is 1. The number of nitrogens with one attached hydrogen (secondary N) is 1. The lowest BCUT2D eigenvalue weighted by Gasteiger charge is -2.03. The molecular formula is C18H13BNO2. The van der Waals surface area contributed by atoms with Gasteiger partial charge in [-0.2, -0.15) is 0 Å². The van der Waals surface area contributed by atoms with E-state index in [0.717, 1.165) is 21.8 Å². The average Bonchev–Trinajstić information content (AvgIpc) is 2.93. The van der Waals surface area contributed by atoms with Crippen molar-refractivity contribution in [2.24, 2.45) is 0 Å². The zero-order valence-electron chi connectivity index (χ0n) is 11.8. The summed E-state index contributed by atoms with van der Waals surface area (Å²) in [6, 6.07) is 22.4. The van der Waals surface area contributed by atoms with Crippen molar-refractivity contribution in [1.29, 1.82) is 0 Å². The normalized spacial score (nSPS) is 11.0. The molecule has 4 heteroatoms. The zero-order valence-corrected chi connectivity index (χ0v) is 11.8. The number of rotatable bonds is 3. The SMILES string of the molecule is O[B]Oc1ccc2[nH]c3ccc(-c4ccccc4)cc3c2c1. The average molecular weight is 286 g/mol. The minimum absolute atomic E-state index is 0.612. The summed E-state index contributed by atoms with van der Waals surface area (Å²) in [5.41, 5.74) is 4.49. The second-order valence-corrected chi connectivity index (χ2v) is 5.18. The maximum atomic E-state index is 8.79. The first-order valence-electron chi connectivity index (χ1n) is 7.08. The molecule has 0 aliphatic rings. The molecule has 0 spiro atoms. The van der Waals surface area contributed by atoms with Crippen molar-refractivity contribution in [2.75, 3.05) is 0 Å². The number of fused-ring (bicyclic) bond motifs is 3. The van der Waals surface area contributed by atoms with E-state index in [4.69, 9.17) is 9.68 Å². The Kier molecular flexibility index (Phi) is 3.09. The maximum absolute atomic E-state index is 8.79. The van der Waals surface area contributed by atoms with Crippen LogP contribution in [0.25, 0.3) is 32.9 Å². The van der Waals surface area contributed by atoms with Crippen molar-refractivity contribution in [3.63, 3.8) is 0 Å². The van der Waals surface area contributed by atoms with Crippen LogP contribution >= 0.6 is 0 Å². The summed E-state index contributed by atoms with van der Waals surface area (Å²) in [5.74, 6) is 0.612. The van der Waals surface area contributed by atoms with Gasteiger partial charge in [0.15, 0.2) is 0 Å². The number of hydrogen-bond acceptors (Lipinski definition) is 2. The predicted octanol–water partition coefficient (Wildman–Crippen LogP) is 3.89. The Labute approximate surface area is 128 Å². The van der Waals surface area contributed by atoms with Crippen LogP contribution in [0.5, 0.6) is 5.75 Å². The molecule has 0 bridgehead atoms. The molecule has 0 aliphatic heterocycles. The molecule has 0 aliphatic carbocycles. The highest BCUT2D eigenvalue weighted by atomic mass is 16.5. The molecule has 105 valence electrons. The fraction of sp³-hybridized carbons (Fsp3) is 0. The summed E-state index contributed by atoms with van der Waals surface area (Å²) in [7, 11) is 0.700. The van der Waals surface area contributed by atoms with Crippen LogP contribution in [0.3, 0.4) is 0 Å². The van der Waals surface area contributed by atoms with E-state index in [0.29, 0.717) is 13.4 Å². The van der Waals surface area contributed by atoms with E-state index in [1.165, 1.54) is 11.1 Å². The molecule has 0 saturated carbocycles. The second-order valence-electron chi connectivity index (χ2n) is 5.18. The van der Waals surface area contributed by atoms with Crippen LogP contribution in [0, 0.1) is 0 Å². The fourth-order valence-corrected chi connectivity index (χ4v) is 2.82. The lowest BCUT2D eigenvalue weighted by Crippen LogP contribution is -1.99. The van der Waals surface area contributed by atoms with Crippen LogP contribution in [-0.2, 0) is 0 Å². The van der Waals surface area contributed by atoms with E-state index in [9.17, 15) is 0 Å². The van der Waals surface area contributed by atoms with Crippen molar-refractivity contribution in [1.82, 2.24) is 4.98 Å². The maximum Gasteiger partial charge on any atom is 0.569 e. The van der Waals surface area contributed by atoms with Gasteiger partial charge in [0, 0.05) is 21.8 Å². The Morgan fingerprint density at radius 3 is 2.27 bits per heavy atom. The molecule has 0 amide bonds. The van der Waals surface area contributed by atoms with Gasteiger partial charge in [-0.3, -0.25) is 0 Å². The molecule has 4 rings (SSSR count). The predicted molar refractivity (Wildman–Crippen MR) is 89.8 cm³/mol. The quantitative estimate of drug-likeness (QED) is 0.561. The molecule has 22 heavy (non-hydrogen) atoms. The van der Waals surface area contributed by atoms with Crippen molar-refractivity contribution in [3.8, 4) is 16.9 Å². The van der Waals surface area contributed by atoms with E-state index in [1.807, 2.05) is 36.4 Å². The number of benzene rings is 3. The van der Waals surface area contributed by atoms with Gasteiger partial charge >= 0.3 is 7.69 Å². The largest absolute Gasteiger partial charge is 0.569 e. The van der Waals surface area contributed by atoms with Gasteiger partial charge in [-0.25, -0.2) is 0 Å². The molecule has 0 fully saturated rings. The fourth-order valence-electron chi connectivity index (χ4n) is 2.82. The van der Waals surface area contributed by atoms with E-state index in [-0.39, 0.29) is 0 Å². The van der Waals surface area contributed by atoms with E-state index in [1.54, 1.807) is 0 Å². The minimum atomic E-state index is 0.612. The monoisotopic (exact) mass is 286 g/mol. The molecular weight excluding hydrogens is 273 g/mol. The molecule has 1 heterocycles. The third-order valence-corrected chi connectivity index (χ3v) is 3.87. The summed E-state index contributed by atoms with van der Waals surface area (Å²) >= 11 is 0. The Morgan fingerprint density at radius 2 is 1.50 bits per heavy atom. The second kappa shape index (κ2) is 5.24. The first-order chi connectivity index (χ1) is 10.8. The lowest BCUT2D eigenvalue weighted by molar-refractivity contribution is 0.454. The summed E-state index contributed by atoms with van der Waals surface area (Å²) in [6.07, 6.45) is 0. The molecule has 2 N–H and O–H groups in total. The highest BCUT2D eigenvalue weighted by molar-refractivity contribution is 6.17. The topological polar surface area (TPSA) is 45.2 Å². The van der Waals surface area contributed by atoms with Crippen molar-refractivity contribution in [3.05, 3.63) is 66.7 Å². The molecule has 1 radical (unpaired) electrons. The van der Waals surface area contributed by atoms with Gasteiger partial charge in [-0.05, 0) is 41.5 Å². The summed E-state index contributed by atoms with van der Waals surface area (Å²) < 4.78 is 5.06. The molecule has 3 nitrogen and oxygen atoms in total. The van der Waals surface area contributed by atoms with Crippen molar-refractivity contribution in [2.45, 2.75) is 0 Å². The van der Waals surface area contributed by atoms with Crippen LogP contribution in [0.2, 0.25) is 0 Å². The van der Waals surface area contributed by atoms with Crippen LogP contribution in [-0.4, -0.2) is 17.7 Å². The number of hydrogen-bond donors (Lipinski definition) is 2. The van der Waals surface area contributed by atoms with Gasteiger partial charge in [-0.15, -0.1) is 0 Å². The first-order valence-corrected chi connectivity index (χ1v) is 7.08.